The summed E-state index contributed by atoms with van der Waals surface area (Å²) >= 11 is 3.49. The molecule has 174 valence electrons. The lowest BCUT2D eigenvalue weighted by Crippen LogP contribution is -2.07. The molecule has 0 bridgehead atoms. The minimum Gasteiger partial charge on any atom is -0.487 e. The van der Waals surface area contributed by atoms with Crippen LogP contribution in [-0.4, -0.2) is 25.6 Å². The lowest BCUT2D eigenvalue weighted by atomic mass is 10.1. The maximum absolute atomic E-state index is 11.9. The Morgan fingerprint density at radius 1 is 1.15 bits per heavy atom. The van der Waals surface area contributed by atoms with Crippen molar-refractivity contribution in [1.82, 2.24) is 14.5 Å². The van der Waals surface area contributed by atoms with Crippen LogP contribution in [-0.2, 0) is 17.9 Å². The van der Waals surface area contributed by atoms with Gasteiger partial charge in [-0.05, 0) is 53.8 Å². The predicted octanol–water partition coefficient (Wildman–Crippen LogP) is 5.95. The van der Waals surface area contributed by atoms with Crippen LogP contribution in [0.4, 0.5) is 0 Å². The molecule has 1 N–H and O–H groups in total. The molecule has 1 aliphatic rings. The van der Waals surface area contributed by atoms with Crippen LogP contribution in [0.1, 0.15) is 42.4 Å². The molecule has 0 radical (unpaired) electrons. The molecule has 6 nitrogen and oxygen atoms in total. The van der Waals surface area contributed by atoms with Gasteiger partial charge in [-0.25, -0.2) is 4.98 Å². The number of halogens is 1. The van der Waals surface area contributed by atoms with Crippen molar-refractivity contribution >= 4 is 32.9 Å². The summed E-state index contributed by atoms with van der Waals surface area (Å²) in [6, 6.07) is 18.0. The van der Waals surface area contributed by atoms with E-state index in [4.69, 9.17) is 9.72 Å². The third-order valence-electron chi connectivity index (χ3n) is 6.73. The molecule has 1 unspecified atom stereocenters. The van der Waals surface area contributed by atoms with Crippen molar-refractivity contribution in [3.8, 4) is 5.75 Å². The Morgan fingerprint density at radius 2 is 1.91 bits per heavy atom. The number of hydrogen-bond acceptors (Lipinski definition) is 4. The highest BCUT2D eigenvalue weighted by Gasteiger charge is 2.64. The van der Waals surface area contributed by atoms with Crippen molar-refractivity contribution in [3.63, 3.8) is 0 Å². The van der Waals surface area contributed by atoms with E-state index in [9.17, 15) is 9.90 Å². The van der Waals surface area contributed by atoms with E-state index in [-0.39, 0.29) is 11.3 Å². The summed E-state index contributed by atoms with van der Waals surface area (Å²) in [5.74, 6) is 0.174. The molecule has 2 aromatic carbocycles. The predicted molar refractivity (Wildman–Crippen MR) is 134 cm³/mol. The summed E-state index contributed by atoms with van der Waals surface area (Å²) in [6.07, 6.45) is 1.83. The normalized spacial score (nSPS) is 18.7. The van der Waals surface area contributed by atoms with Crippen molar-refractivity contribution in [2.75, 3.05) is 0 Å². The molecule has 34 heavy (non-hydrogen) atoms. The monoisotopic (exact) mass is 519 g/mol. The number of benzene rings is 2. The zero-order valence-corrected chi connectivity index (χ0v) is 20.9. The van der Waals surface area contributed by atoms with E-state index < -0.39 is 11.9 Å². The Hall–Kier alpha value is -3.19. The zero-order valence-electron chi connectivity index (χ0n) is 19.3. The Bertz CT molecular complexity index is 1360. The number of ether oxygens (including phenoxy) is 1. The van der Waals surface area contributed by atoms with E-state index in [0.717, 1.165) is 43.9 Å². The van der Waals surface area contributed by atoms with E-state index in [1.165, 1.54) is 0 Å². The number of carbonyl (C=O) groups is 1. The lowest BCUT2D eigenvalue weighted by molar-refractivity contribution is -0.139. The van der Waals surface area contributed by atoms with E-state index in [1.54, 1.807) is 0 Å². The summed E-state index contributed by atoms with van der Waals surface area (Å²) < 4.78 is 9.20. The van der Waals surface area contributed by atoms with Crippen molar-refractivity contribution in [2.24, 2.45) is 11.3 Å². The third-order valence-corrected chi connectivity index (χ3v) is 7.26. The van der Waals surface area contributed by atoms with Gasteiger partial charge in [-0.3, -0.25) is 9.78 Å². The summed E-state index contributed by atoms with van der Waals surface area (Å²) in [5, 5.41) is 9.78. The summed E-state index contributed by atoms with van der Waals surface area (Å²) in [7, 11) is 0. The largest absolute Gasteiger partial charge is 0.487 e. The number of aliphatic carboxylic acids is 1. The first-order valence-electron chi connectivity index (χ1n) is 11.3. The van der Waals surface area contributed by atoms with E-state index in [2.05, 4.69) is 37.6 Å². The second-order valence-electron chi connectivity index (χ2n) is 9.56. The maximum atomic E-state index is 11.9. The first kappa shape index (κ1) is 22.6. The quantitative estimate of drug-likeness (QED) is 0.326. The van der Waals surface area contributed by atoms with Crippen molar-refractivity contribution < 1.29 is 14.6 Å². The Balaban J connectivity index is 1.52. The summed E-state index contributed by atoms with van der Waals surface area (Å²) in [5.41, 5.74) is 4.50. The zero-order chi connectivity index (χ0) is 24.0. The fourth-order valence-electron chi connectivity index (χ4n) is 4.71. The van der Waals surface area contributed by atoms with Crippen molar-refractivity contribution in [3.05, 3.63) is 87.9 Å². The average molecular weight is 520 g/mol. The van der Waals surface area contributed by atoms with Crippen LogP contribution in [0.15, 0.2) is 65.3 Å². The SMILES string of the molecule is Cc1ccc(COc2ccc3nc([C@@H]4C(C(=O)O)C4(C)C)n(Cc4ccc(Br)cc4)c3c2)nc1. The number of pyridine rings is 1. The Morgan fingerprint density at radius 3 is 2.56 bits per heavy atom. The molecule has 2 atom stereocenters. The molecule has 0 amide bonds. The molecule has 1 aliphatic carbocycles. The van der Waals surface area contributed by atoms with Gasteiger partial charge < -0.3 is 14.4 Å². The molecule has 1 fully saturated rings. The fourth-order valence-corrected chi connectivity index (χ4v) is 4.97. The van der Waals surface area contributed by atoms with Crippen LogP contribution < -0.4 is 4.74 Å². The van der Waals surface area contributed by atoms with Gasteiger partial charge in [0.05, 0.1) is 22.6 Å². The van der Waals surface area contributed by atoms with Crippen molar-refractivity contribution in [2.45, 2.75) is 39.8 Å². The third kappa shape index (κ3) is 4.20. The molecule has 2 aromatic heterocycles. The van der Waals surface area contributed by atoms with Crippen LogP contribution in [0.3, 0.4) is 0 Å². The minimum atomic E-state index is -0.771. The molecule has 0 spiro atoms. The van der Waals surface area contributed by atoms with Crippen LogP contribution in [0.5, 0.6) is 5.75 Å². The molecule has 0 saturated heterocycles. The number of imidazole rings is 1. The number of carboxylic acids is 1. The molecule has 5 rings (SSSR count). The molecule has 2 heterocycles. The molecular formula is C27H26BrN3O3. The smallest absolute Gasteiger partial charge is 0.307 e. The topological polar surface area (TPSA) is 77.2 Å². The van der Waals surface area contributed by atoms with E-state index in [1.807, 2.05) is 69.4 Å². The van der Waals surface area contributed by atoms with E-state index in [0.29, 0.717) is 13.2 Å². The number of carboxylic acid groups (broad SMARTS) is 1. The number of hydrogen-bond donors (Lipinski definition) is 1. The molecule has 1 saturated carbocycles. The highest BCUT2D eigenvalue weighted by atomic mass is 79.9. The van der Waals surface area contributed by atoms with Gasteiger partial charge in [0.2, 0.25) is 0 Å². The van der Waals surface area contributed by atoms with Crippen LogP contribution >= 0.6 is 15.9 Å². The van der Waals surface area contributed by atoms with Gasteiger partial charge in [-0.1, -0.05) is 48.0 Å². The molecule has 4 aromatic rings. The van der Waals surface area contributed by atoms with Gasteiger partial charge in [0.15, 0.2) is 0 Å². The first-order chi connectivity index (χ1) is 16.2. The standard InChI is InChI=1S/C27H26BrN3O3/c1-16-4-9-19(29-13-16)15-34-20-10-11-21-22(12-20)31(14-17-5-7-18(28)8-6-17)25(30-21)23-24(26(32)33)27(23,2)3/h4-13,23-24H,14-15H2,1-3H3,(H,32,33)/t23-,24?/m0/s1. The van der Waals surface area contributed by atoms with Gasteiger partial charge in [0.25, 0.3) is 0 Å². The van der Waals surface area contributed by atoms with Gasteiger partial charge in [-0.15, -0.1) is 0 Å². The van der Waals surface area contributed by atoms with Crippen LogP contribution in [0.25, 0.3) is 11.0 Å². The molecular weight excluding hydrogens is 494 g/mol. The number of fused-ring (bicyclic) bond motifs is 1. The van der Waals surface area contributed by atoms with Crippen LogP contribution in [0.2, 0.25) is 0 Å². The first-order valence-corrected chi connectivity index (χ1v) is 12.0. The minimum absolute atomic E-state index is 0.144. The number of rotatable bonds is 7. The van der Waals surface area contributed by atoms with E-state index >= 15 is 0 Å². The number of aryl methyl sites for hydroxylation is 1. The average Bonchev–Trinajstić information content (AvgIpc) is 3.22. The maximum Gasteiger partial charge on any atom is 0.307 e. The second kappa shape index (κ2) is 8.55. The van der Waals surface area contributed by atoms with Crippen molar-refractivity contribution in [1.29, 1.82) is 0 Å². The number of aromatic nitrogens is 3. The summed E-state index contributed by atoms with van der Waals surface area (Å²) in [4.78, 5) is 21.2. The van der Waals surface area contributed by atoms with Crippen LogP contribution in [0, 0.1) is 18.3 Å². The lowest BCUT2D eigenvalue weighted by Gasteiger charge is -2.12. The molecule has 7 heteroatoms. The fraction of sp³-hybridized carbons (Fsp3) is 0.296. The van der Waals surface area contributed by atoms with Gasteiger partial charge in [-0.2, -0.15) is 0 Å². The Kier molecular flexibility index (Phi) is 5.68. The van der Waals surface area contributed by atoms with Gasteiger partial charge >= 0.3 is 5.97 Å². The number of nitrogens with zero attached hydrogens (tertiary/aromatic N) is 3. The highest BCUT2D eigenvalue weighted by Crippen LogP contribution is 2.64. The van der Waals surface area contributed by atoms with Gasteiger partial charge in [0, 0.05) is 29.2 Å². The highest BCUT2D eigenvalue weighted by molar-refractivity contribution is 9.10. The summed E-state index contributed by atoms with van der Waals surface area (Å²) in [6.45, 7) is 6.98. The van der Waals surface area contributed by atoms with Gasteiger partial charge in [0.1, 0.15) is 18.2 Å². The molecule has 0 aliphatic heterocycles. The second-order valence-corrected chi connectivity index (χ2v) is 10.5. The Labute approximate surface area is 206 Å².